The van der Waals surface area contributed by atoms with Gasteiger partial charge in [-0.15, -0.1) is 0 Å². The summed E-state index contributed by atoms with van der Waals surface area (Å²) in [6.07, 6.45) is 0. The number of hydrogen-bond donors (Lipinski definition) is 2. The molecule has 156 valence electrons. The van der Waals surface area contributed by atoms with Gasteiger partial charge in [0.15, 0.2) is 5.96 Å². The maximum atomic E-state index is 12.7. The molecule has 1 aliphatic rings. The fraction of sp³-hybridized carbons (Fsp3) is 0.350. The average molecular weight is 419 g/mol. The SMILES string of the molecule is COc1ccc(NC(N)=NCc2ccccc2CS(=O)(=O)N2CCOCC2)cc1. The Morgan fingerprint density at radius 2 is 1.79 bits per heavy atom. The molecule has 1 aliphatic heterocycles. The number of aliphatic imine (C=N–C) groups is 1. The number of rotatable bonds is 7. The summed E-state index contributed by atoms with van der Waals surface area (Å²) in [5, 5.41) is 3.01. The van der Waals surface area contributed by atoms with E-state index in [-0.39, 0.29) is 18.3 Å². The van der Waals surface area contributed by atoms with Crippen LogP contribution < -0.4 is 15.8 Å². The van der Waals surface area contributed by atoms with Crippen molar-refractivity contribution >= 4 is 21.7 Å². The highest BCUT2D eigenvalue weighted by Crippen LogP contribution is 2.18. The quantitative estimate of drug-likeness (QED) is 0.524. The molecule has 1 saturated heterocycles. The van der Waals surface area contributed by atoms with E-state index in [9.17, 15) is 8.42 Å². The van der Waals surface area contributed by atoms with Gasteiger partial charge in [0.1, 0.15) is 5.75 Å². The number of ether oxygens (including phenoxy) is 2. The summed E-state index contributed by atoms with van der Waals surface area (Å²) < 4.78 is 37.3. The zero-order valence-electron chi connectivity index (χ0n) is 16.4. The third-order valence-corrected chi connectivity index (χ3v) is 6.43. The summed E-state index contributed by atoms with van der Waals surface area (Å²) >= 11 is 0. The lowest BCUT2D eigenvalue weighted by Gasteiger charge is -2.26. The number of sulfonamides is 1. The molecule has 29 heavy (non-hydrogen) atoms. The van der Waals surface area contributed by atoms with E-state index >= 15 is 0 Å². The molecule has 1 heterocycles. The van der Waals surface area contributed by atoms with Crippen molar-refractivity contribution in [2.24, 2.45) is 10.7 Å². The van der Waals surface area contributed by atoms with Crippen LogP contribution in [0.3, 0.4) is 0 Å². The molecule has 2 aromatic rings. The number of nitrogens with one attached hydrogen (secondary N) is 1. The van der Waals surface area contributed by atoms with E-state index in [1.54, 1.807) is 7.11 Å². The Balaban J connectivity index is 1.67. The number of methoxy groups -OCH3 is 1. The first kappa shape index (κ1) is 21.1. The molecule has 1 fully saturated rings. The van der Waals surface area contributed by atoms with Crippen molar-refractivity contribution in [2.45, 2.75) is 12.3 Å². The van der Waals surface area contributed by atoms with E-state index in [0.29, 0.717) is 26.3 Å². The largest absolute Gasteiger partial charge is 0.497 e. The molecule has 0 saturated carbocycles. The van der Waals surface area contributed by atoms with Crippen LogP contribution in [0.5, 0.6) is 5.75 Å². The van der Waals surface area contributed by atoms with E-state index in [1.165, 1.54) is 4.31 Å². The van der Waals surface area contributed by atoms with Gasteiger partial charge in [-0.05, 0) is 35.4 Å². The molecular formula is C20H26N4O4S. The summed E-state index contributed by atoms with van der Waals surface area (Å²) in [5.74, 6) is 0.937. The number of guanidine groups is 1. The molecule has 3 rings (SSSR count). The fourth-order valence-corrected chi connectivity index (χ4v) is 4.56. The van der Waals surface area contributed by atoms with Gasteiger partial charge in [0, 0.05) is 18.8 Å². The molecule has 8 nitrogen and oxygen atoms in total. The van der Waals surface area contributed by atoms with Crippen molar-refractivity contribution in [2.75, 3.05) is 38.7 Å². The molecule has 3 N–H and O–H groups in total. The van der Waals surface area contributed by atoms with E-state index in [4.69, 9.17) is 15.2 Å². The number of hydrogen-bond acceptors (Lipinski definition) is 5. The predicted molar refractivity (Wildman–Crippen MR) is 113 cm³/mol. The number of nitrogens with two attached hydrogens (primary N) is 1. The first-order chi connectivity index (χ1) is 14.0. The van der Waals surface area contributed by atoms with Crippen LogP contribution in [0.4, 0.5) is 5.69 Å². The second-order valence-corrected chi connectivity index (χ2v) is 8.56. The van der Waals surface area contributed by atoms with Crippen LogP contribution in [0.15, 0.2) is 53.5 Å². The van der Waals surface area contributed by atoms with Gasteiger partial charge in [-0.25, -0.2) is 13.4 Å². The van der Waals surface area contributed by atoms with E-state index in [0.717, 1.165) is 22.6 Å². The fourth-order valence-electron chi connectivity index (χ4n) is 3.00. The van der Waals surface area contributed by atoms with Crippen LogP contribution >= 0.6 is 0 Å². The highest BCUT2D eigenvalue weighted by molar-refractivity contribution is 7.88. The van der Waals surface area contributed by atoms with Crippen molar-refractivity contribution in [1.29, 1.82) is 0 Å². The summed E-state index contributed by atoms with van der Waals surface area (Å²) in [4.78, 5) is 4.36. The normalized spacial score (nSPS) is 15.8. The van der Waals surface area contributed by atoms with Gasteiger partial charge < -0.3 is 20.5 Å². The van der Waals surface area contributed by atoms with Crippen molar-refractivity contribution in [3.05, 3.63) is 59.7 Å². The van der Waals surface area contributed by atoms with E-state index in [1.807, 2.05) is 48.5 Å². The molecule has 2 aromatic carbocycles. The first-order valence-corrected chi connectivity index (χ1v) is 10.9. The molecular weight excluding hydrogens is 392 g/mol. The highest BCUT2D eigenvalue weighted by Gasteiger charge is 2.25. The van der Waals surface area contributed by atoms with Crippen LogP contribution in [0.2, 0.25) is 0 Å². The van der Waals surface area contributed by atoms with Crippen molar-refractivity contribution in [3.8, 4) is 5.75 Å². The summed E-state index contributed by atoms with van der Waals surface area (Å²) in [5.41, 5.74) is 8.32. The summed E-state index contributed by atoms with van der Waals surface area (Å²) in [6.45, 7) is 1.92. The van der Waals surface area contributed by atoms with Crippen LogP contribution in [-0.4, -0.2) is 52.1 Å². The minimum Gasteiger partial charge on any atom is -0.497 e. The minimum atomic E-state index is -3.41. The Bertz CT molecular complexity index is 939. The smallest absolute Gasteiger partial charge is 0.218 e. The molecule has 0 bridgehead atoms. The van der Waals surface area contributed by atoms with Gasteiger partial charge in [0.25, 0.3) is 0 Å². The maximum absolute atomic E-state index is 12.7. The van der Waals surface area contributed by atoms with Crippen molar-refractivity contribution in [3.63, 3.8) is 0 Å². The predicted octanol–water partition coefficient (Wildman–Crippen LogP) is 1.78. The summed E-state index contributed by atoms with van der Waals surface area (Å²) in [7, 11) is -1.80. The van der Waals surface area contributed by atoms with Crippen LogP contribution in [-0.2, 0) is 27.1 Å². The molecule has 0 aromatic heterocycles. The topological polar surface area (TPSA) is 106 Å². The van der Waals surface area contributed by atoms with E-state index in [2.05, 4.69) is 10.3 Å². The van der Waals surface area contributed by atoms with Crippen LogP contribution in [0, 0.1) is 0 Å². The monoisotopic (exact) mass is 418 g/mol. The number of anilines is 1. The van der Waals surface area contributed by atoms with Crippen molar-refractivity contribution in [1.82, 2.24) is 4.31 Å². The van der Waals surface area contributed by atoms with Crippen LogP contribution in [0.1, 0.15) is 11.1 Å². The maximum Gasteiger partial charge on any atom is 0.218 e. The lowest BCUT2D eigenvalue weighted by Crippen LogP contribution is -2.41. The molecule has 0 atom stereocenters. The molecule has 0 spiro atoms. The van der Waals surface area contributed by atoms with E-state index < -0.39 is 10.0 Å². The number of benzene rings is 2. The third-order valence-electron chi connectivity index (χ3n) is 4.60. The number of morpholine rings is 1. The van der Waals surface area contributed by atoms with Crippen molar-refractivity contribution < 1.29 is 17.9 Å². The lowest BCUT2D eigenvalue weighted by molar-refractivity contribution is 0.0729. The standard InChI is InChI=1S/C20H26N4O4S/c1-27-19-8-6-18(7-9-19)23-20(21)22-14-16-4-2-3-5-17(16)15-29(25,26)24-10-12-28-13-11-24/h2-9H,10-15H2,1H3,(H3,21,22,23). The molecule has 0 unspecified atom stereocenters. The number of nitrogens with zero attached hydrogens (tertiary/aromatic N) is 2. The summed E-state index contributed by atoms with van der Waals surface area (Å²) in [6, 6.07) is 14.7. The highest BCUT2D eigenvalue weighted by atomic mass is 32.2. The van der Waals surface area contributed by atoms with Crippen LogP contribution in [0.25, 0.3) is 0 Å². The minimum absolute atomic E-state index is 0.0650. The average Bonchev–Trinajstić information content (AvgIpc) is 2.74. The van der Waals surface area contributed by atoms with Gasteiger partial charge in [-0.3, -0.25) is 0 Å². The molecule has 0 amide bonds. The second kappa shape index (κ2) is 9.73. The van der Waals surface area contributed by atoms with Gasteiger partial charge in [-0.1, -0.05) is 24.3 Å². The Kier molecular flexibility index (Phi) is 7.08. The Hall–Kier alpha value is -2.62. The van der Waals surface area contributed by atoms with Gasteiger partial charge in [-0.2, -0.15) is 4.31 Å². The third kappa shape index (κ3) is 5.93. The molecule has 9 heteroatoms. The first-order valence-electron chi connectivity index (χ1n) is 9.31. The Labute approximate surface area is 171 Å². The molecule has 0 aliphatic carbocycles. The Morgan fingerprint density at radius 1 is 1.14 bits per heavy atom. The van der Waals surface area contributed by atoms with Gasteiger partial charge >= 0.3 is 0 Å². The van der Waals surface area contributed by atoms with Gasteiger partial charge in [0.2, 0.25) is 10.0 Å². The zero-order valence-corrected chi connectivity index (χ0v) is 17.2. The van der Waals surface area contributed by atoms with Gasteiger partial charge in [0.05, 0.1) is 32.6 Å². The molecule has 0 radical (unpaired) electrons. The zero-order chi connectivity index (χ0) is 20.7. The lowest BCUT2D eigenvalue weighted by atomic mass is 10.1. The Morgan fingerprint density at radius 3 is 2.45 bits per heavy atom. The second-order valence-electron chi connectivity index (χ2n) is 6.59.